The molecule has 180 valence electrons. The number of aromatic nitrogens is 3. The summed E-state index contributed by atoms with van der Waals surface area (Å²) in [7, 11) is 1.63. The number of hydrogen-bond acceptors (Lipinski definition) is 6. The highest BCUT2D eigenvalue weighted by Crippen LogP contribution is 2.33. The highest BCUT2D eigenvalue weighted by molar-refractivity contribution is 7.15. The molecule has 1 atom stereocenters. The van der Waals surface area contributed by atoms with Crippen LogP contribution in [0.4, 0.5) is 11.6 Å². The maximum atomic E-state index is 13.1. The second-order valence-corrected chi connectivity index (χ2v) is 9.35. The number of anilines is 2. The summed E-state index contributed by atoms with van der Waals surface area (Å²) in [5.41, 5.74) is 5.01. The van der Waals surface area contributed by atoms with Gasteiger partial charge in [0.25, 0.3) is 0 Å². The molecule has 1 N–H and O–H groups in total. The number of aryl methyl sites for hydroxylation is 2. The van der Waals surface area contributed by atoms with Gasteiger partial charge in [-0.15, -0.1) is 16.4 Å². The number of carbonyl (C=O) groups excluding carboxylic acids is 2. The van der Waals surface area contributed by atoms with Crippen LogP contribution in [-0.2, 0) is 22.4 Å². The van der Waals surface area contributed by atoms with Gasteiger partial charge in [0.05, 0.1) is 18.7 Å². The largest absolute Gasteiger partial charge is 0.497 e. The fourth-order valence-electron chi connectivity index (χ4n) is 4.59. The van der Waals surface area contributed by atoms with Crippen LogP contribution in [0.25, 0.3) is 16.2 Å². The standard InChI is InChI=1S/C26H27N5O3S/c1-4-16-8-6-9-17(5-2)23(16)30-14-19(13-22(30)32)24(33)27-25-28-26-31(29-25)21(15-35-26)18-10-7-11-20(12-18)34-3/h6-12,15,19H,4-5,13-14H2,1-3H3,(H,27,29,33). The van der Waals surface area contributed by atoms with E-state index in [1.54, 1.807) is 16.5 Å². The molecule has 1 aliphatic heterocycles. The van der Waals surface area contributed by atoms with Crippen LogP contribution in [-0.4, -0.2) is 40.1 Å². The summed E-state index contributed by atoms with van der Waals surface area (Å²) in [6, 6.07) is 13.8. The molecule has 8 nitrogen and oxygen atoms in total. The Bertz CT molecular complexity index is 1390. The van der Waals surface area contributed by atoms with E-state index < -0.39 is 5.92 Å². The Kier molecular flexibility index (Phi) is 6.25. The fraction of sp³-hybridized carbons (Fsp3) is 0.308. The molecule has 1 fully saturated rings. The first-order valence-electron chi connectivity index (χ1n) is 11.7. The minimum atomic E-state index is -0.462. The Hall–Kier alpha value is -3.72. The smallest absolute Gasteiger partial charge is 0.250 e. The number of methoxy groups -OCH3 is 1. The van der Waals surface area contributed by atoms with Crippen LogP contribution < -0.4 is 15.0 Å². The summed E-state index contributed by atoms with van der Waals surface area (Å²) in [5, 5.41) is 9.32. The monoisotopic (exact) mass is 489 g/mol. The van der Waals surface area contributed by atoms with E-state index in [-0.39, 0.29) is 24.2 Å². The number of para-hydroxylation sites is 1. The number of thiazole rings is 1. The molecule has 2 aromatic carbocycles. The van der Waals surface area contributed by atoms with E-state index in [1.165, 1.54) is 11.3 Å². The molecule has 9 heteroatoms. The van der Waals surface area contributed by atoms with E-state index in [1.807, 2.05) is 35.7 Å². The van der Waals surface area contributed by atoms with Crippen molar-refractivity contribution in [2.75, 3.05) is 23.9 Å². The van der Waals surface area contributed by atoms with Gasteiger partial charge in [0, 0.05) is 29.6 Å². The summed E-state index contributed by atoms with van der Waals surface area (Å²) >= 11 is 1.44. The number of hydrogen-bond donors (Lipinski definition) is 1. The van der Waals surface area contributed by atoms with E-state index in [0.717, 1.165) is 46.7 Å². The number of nitrogens with one attached hydrogen (secondary N) is 1. The Labute approximate surface area is 207 Å². The first kappa shape index (κ1) is 23.0. The minimum Gasteiger partial charge on any atom is -0.497 e. The lowest BCUT2D eigenvalue weighted by atomic mass is 10.0. The van der Waals surface area contributed by atoms with Gasteiger partial charge in [-0.25, -0.2) is 4.52 Å². The summed E-state index contributed by atoms with van der Waals surface area (Å²) in [6.07, 6.45) is 1.83. The SMILES string of the molecule is CCc1cccc(CC)c1N1CC(C(=O)Nc2nc3scc(-c4cccc(OC)c4)n3n2)CC1=O. The molecule has 2 aromatic heterocycles. The molecule has 0 aliphatic carbocycles. The minimum absolute atomic E-state index is 0.0279. The van der Waals surface area contributed by atoms with Gasteiger partial charge in [-0.3, -0.25) is 14.9 Å². The predicted octanol–water partition coefficient (Wildman–Crippen LogP) is 4.58. The van der Waals surface area contributed by atoms with Gasteiger partial charge in [0.2, 0.25) is 22.7 Å². The third kappa shape index (κ3) is 4.27. The van der Waals surface area contributed by atoms with Crippen LogP contribution in [0.3, 0.4) is 0 Å². The van der Waals surface area contributed by atoms with Crippen LogP contribution in [0.1, 0.15) is 31.4 Å². The van der Waals surface area contributed by atoms with Crippen molar-refractivity contribution in [3.05, 3.63) is 59.0 Å². The lowest BCUT2D eigenvalue weighted by Crippen LogP contribution is -2.29. The molecule has 1 unspecified atom stereocenters. The number of rotatable bonds is 7. The molecule has 2 amide bonds. The van der Waals surface area contributed by atoms with Crippen LogP contribution in [0, 0.1) is 5.92 Å². The quantitative estimate of drug-likeness (QED) is 0.410. The molecule has 0 spiro atoms. The fourth-order valence-corrected chi connectivity index (χ4v) is 5.42. The van der Waals surface area contributed by atoms with Gasteiger partial charge in [-0.2, -0.15) is 4.98 Å². The van der Waals surface area contributed by atoms with Gasteiger partial charge < -0.3 is 9.64 Å². The third-order valence-electron chi connectivity index (χ3n) is 6.41. The molecule has 5 rings (SSSR count). The third-order valence-corrected chi connectivity index (χ3v) is 7.23. The number of ether oxygens (including phenoxy) is 1. The van der Waals surface area contributed by atoms with Gasteiger partial charge in [0.15, 0.2) is 0 Å². The van der Waals surface area contributed by atoms with Crippen molar-refractivity contribution < 1.29 is 14.3 Å². The number of nitrogens with zero attached hydrogens (tertiary/aromatic N) is 4. The molecular weight excluding hydrogens is 462 g/mol. The van der Waals surface area contributed by atoms with Gasteiger partial charge >= 0.3 is 0 Å². The lowest BCUT2D eigenvalue weighted by molar-refractivity contribution is -0.122. The molecule has 3 heterocycles. The second kappa shape index (κ2) is 9.50. The number of amides is 2. The Morgan fingerprint density at radius 2 is 1.91 bits per heavy atom. The van der Waals surface area contributed by atoms with E-state index in [9.17, 15) is 9.59 Å². The van der Waals surface area contributed by atoms with Crippen molar-refractivity contribution in [3.63, 3.8) is 0 Å². The van der Waals surface area contributed by atoms with Crippen molar-refractivity contribution in [1.29, 1.82) is 0 Å². The Morgan fingerprint density at radius 1 is 1.17 bits per heavy atom. The average molecular weight is 490 g/mol. The second-order valence-electron chi connectivity index (χ2n) is 8.51. The molecule has 0 saturated carbocycles. The molecule has 4 aromatic rings. The zero-order valence-corrected chi connectivity index (χ0v) is 20.8. The topological polar surface area (TPSA) is 88.8 Å². The maximum Gasteiger partial charge on any atom is 0.250 e. The van der Waals surface area contributed by atoms with Gasteiger partial charge in [-0.1, -0.05) is 44.2 Å². The Balaban J connectivity index is 1.35. The summed E-state index contributed by atoms with van der Waals surface area (Å²) in [6.45, 7) is 4.52. The number of carbonyl (C=O) groups is 2. The highest BCUT2D eigenvalue weighted by atomic mass is 32.1. The van der Waals surface area contributed by atoms with Crippen molar-refractivity contribution in [1.82, 2.24) is 14.6 Å². The number of benzene rings is 2. The molecule has 35 heavy (non-hydrogen) atoms. The first-order chi connectivity index (χ1) is 17.0. The molecule has 0 radical (unpaired) electrons. The predicted molar refractivity (Wildman–Crippen MR) is 137 cm³/mol. The summed E-state index contributed by atoms with van der Waals surface area (Å²) in [4.78, 5) is 32.9. The summed E-state index contributed by atoms with van der Waals surface area (Å²) in [5.74, 6) is 0.257. The normalized spacial score (nSPS) is 15.7. The van der Waals surface area contributed by atoms with Crippen LogP contribution >= 0.6 is 11.3 Å². The summed E-state index contributed by atoms with van der Waals surface area (Å²) < 4.78 is 7.04. The van der Waals surface area contributed by atoms with E-state index in [4.69, 9.17) is 4.74 Å². The average Bonchev–Trinajstić information content (AvgIpc) is 3.57. The van der Waals surface area contributed by atoms with Crippen molar-refractivity contribution in [3.8, 4) is 17.0 Å². The zero-order valence-electron chi connectivity index (χ0n) is 19.9. The van der Waals surface area contributed by atoms with Crippen LogP contribution in [0.15, 0.2) is 47.8 Å². The van der Waals surface area contributed by atoms with E-state index in [0.29, 0.717) is 11.5 Å². The van der Waals surface area contributed by atoms with Gasteiger partial charge in [-0.05, 0) is 36.1 Å². The van der Waals surface area contributed by atoms with Crippen LogP contribution in [0.2, 0.25) is 0 Å². The van der Waals surface area contributed by atoms with E-state index >= 15 is 0 Å². The first-order valence-corrected chi connectivity index (χ1v) is 12.6. The molecule has 0 bridgehead atoms. The van der Waals surface area contributed by atoms with Crippen LogP contribution in [0.5, 0.6) is 5.75 Å². The van der Waals surface area contributed by atoms with Crippen molar-refractivity contribution in [2.24, 2.45) is 5.92 Å². The molecular formula is C26H27N5O3S. The Morgan fingerprint density at radius 3 is 2.63 bits per heavy atom. The van der Waals surface area contributed by atoms with Gasteiger partial charge in [0.1, 0.15) is 5.75 Å². The number of fused-ring (bicyclic) bond motifs is 1. The van der Waals surface area contributed by atoms with Crippen molar-refractivity contribution >= 4 is 39.7 Å². The van der Waals surface area contributed by atoms with Crippen molar-refractivity contribution in [2.45, 2.75) is 33.1 Å². The molecule has 1 aliphatic rings. The zero-order chi connectivity index (χ0) is 24.5. The highest BCUT2D eigenvalue weighted by Gasteiger charge is 2.37. The van der Waals surface area contributed by atoms with E-state index in [2.05, 4.69) is 41.4 Å². The maximum absolute atomic E-state index is 13.1. The molecule has 1 saturated heterocycles. The lowest BCUT2D eigenvalue weighted by Gasteiger charge is -2.23.